The lowest BCUT2D eigenvalue weighted by atomic mass is 9.98. The van der Waals surface area contributed by atoms with Crippen molar-refractivity contribution in [3.63, 3.8) is 0 Å². The summed E-state index contributed by atoms with van der Waals surface area (Å²) in [4.78, 5) is 52.0. The summed E-state index contributed by atoms with van der Waals surface area (Å²) < 4.78 is 76.7. The molecule has 3 amide bonds. The first-order chi connectivity index (χ1) is 54.8. The van der Waals surface area contributed by atoms with Crippen molar-refractivity contribution in [3.8, 4) is 102 Å². The maximum atomic E-state index is 16.2. The molecule has 21 nitrogen and oxygen atoms in total. The first-order valence-electron chi connectivity index (χ1n) is 36.1. The van der Waals surface area contributed by atoms with E-state index in [0.717, 1.165) is 66.8 Å². The van der Waals surface area contributed by atoms with E-state index in [1.807, 2.05) is 72.8 Å². The van der Waals surface area contributed by atoms with E-state index in [2.05, 4.69) is 72.8 Å². The number of hydrogen-bond acceptors (Lipinski definition) is 18. The second-order valence-corrected chi connectivity index (χ2v) is 27.6. The van der Waals surface area contributed by atoms with Gasteiger partial charge >= 0.3 is 26.9 Å². The lowest BCUT2D eigenvalue weighted by molar-refractivity contribution is 0.166. The van der Waals surface area contributed by atoms with Gasteiger partial charge in [-0.2, -0.15) is 0 Å². The van der Waals surface area contributed by atoms with Crippen molar-refractivity contribution in [1.29, 1.82) is 0 Å². The molecule has 0 atom stereocenters. The number of rotatable bonds is 27. The van der Waals surface area contributed by atoms with Crippen molar-refractivity contribution < 1.29 is 85.9 Å². The molecule has 0 saturated heterocycles. The van der Waals surface area contributed by atoms with Gasteiger partial charge in [0.05, 0.1) is 99.2 Å². The first kappa shape index (κ1) is 74.0. The number of fused-ring (bicyclic) bond motifs is 9. The fourth-order valence-electron chi connectivity index (χ4n) is 15.0. The number of anilines is 3. The molecular weight excluding hydrogens is 1440 g/mol. The molecule has 566 valence electrons. The molecule has 3 N–H and O–H groups in total. The second-order valence-electron chi connectivity index (χ2n) is 26.6. The van der Waals surface area contributed by atoms with Gasteiger partial charge in [0.1, 0.15) is 17.2 Å². The third-order valence-corrected chi connectivity index (χ3v) is 21.2. The number of phenolic OH excluding ortho intramolecular Hbond substituents is 3. The van der Waals surface area contributed by atoms with E-state index < -0.39 is 26.9 Å². The molecule has 0 unspecified atom stereocenters. The van der Waals surface area contributed by atoms with Crippen molar-refractivity contribution in [2.75, 3.05) is 77.2 Å². The lowest BCUT2D eigenvalue weighted by Gasteiger charge is -2.30. The Labute approximate surface area is 648 Å². The van der Waals surface area contributed by atoms with Gasteiger partial charge < -0.3 is 71.5 Å². The van der Waals surface area contributed by atoms with Gasteiger partial charge in [-0.25, -0.2) is 14.4 Å². The van der Waals surface area contributed by atoms with Gasteiger partial charge in [0.15, 0.2) is 34.5 Å². The number of methoxy groups -OCH3 is 6. The average molecular weight is 1520 g/mol. The number of carbonyl (C=O) groups is 3. The summed E-state index contributed by atoms with van der Waals surface area (Å²) in [5, 5.41) is 31.8. The monoisotopic (exact) mass is 1520 g/mol. The Morgan fingerprint density at radius 2 is 0.509 bits per heavy atom. The molecule has 22 heteroatoms. The van der Waals surface area contributed by atoms with Crippen molar-refractivity contribution >= 4 is 43.9 Å². The number of hydrogen-bond donors (Lipinski definition) is 3. The van der Waals surface area contributed by atoms with Gasteiger partial charge in [-0.1, -0.05) is 182 Å². The molecule has 12 aromatic carbocycles. The van der Waals surface area contributed by atoms with Crippen LogP contribution in [0.25, 0.3) is 33.4 Å². The van der Waals surface area contributed by atoms with Crippen molar-refractivity contribution in [2.45, 2.75) is 37.4 Å². The largest absolute Gasteiger partial charge is 0.540 e. The summed E-state index contributed by atoms with van der Waals surface area (Å²) in [7, 11) is 5.00. The molecule has 0 bridgehead atoms. The fourth-order valence-corrected chi connectivity index (χ4v) is 15.8. The normalized spacial score (nSPS) is 12.2. The highest BCUT2D eigenvalue weighted by atomic mass is 31.2. The van der Waals surface area contributed by atoms with Crippen LogP contribution in [0.1, 0.15) is 67.8 Å². The molecule has 0 spiro atoms. The Kier molecular flexibility index (Phi) is 21.6. The number of phenols is 3. The summed E-state index contributed by atoms with van der Waals surface area (Å²) in [6.07, 6.45) is -3.74. The van der Waals surface area contributed by atoms with Crippen molar-refractivity contribution in [2.24, 2.45) is 0 Å². The summed E-state index contributed by atoms with van der Waals surface area (Å²) in [6.45, 7) is -0.664. The molecule has 0 aromatic heterocycles. The Hall–Kier alpha value is -13.5. The number of nitrogens with zero attached hydrogens (tertiary/aromatic N) is 3. The standard InChI is InChI=1S/C90H78N3O18P/c1-100-79-46-43-76(82(103-4)85(79)106-52-73-67-25-13-7-19-61(67)62-20-8-14-26-68(62)73)91(49-55-31-37-58(94)38-32-55)88(97)109-112(110-89(98)92(50-56-33-39-59(95)40-34-56)77-44-47-80(101-2)86(83(77)104-5)107-53-74-69-27-15-9-21-63(69)64-22-10-16-28-70(64)74)111-90(99)93(51-57-35-41-60(96)42-36-57)78-45-48-81(102-3)87(84(78)105-6)108-54-75-71-29-17-11-23-65(71)66-24-12-18-30-72(66)75/h7-48,73-75,94-96H,49-54H2,1-6H3. The summed E-state index contributed by atoms with van der Waals surface area (Å²) in [5.41, 5.74) is 14.2. The van der Waals surface area contributed by atoms with E-state index in [1.165, 1.54) is 93.8 Å². The fraction of sp³-hybridized carbons (Fsp3) is 0.167. The quantitative estimate of drug-likeness (QED) is 0.0406. The van der Waals surface area contributed by atoms with Crippen molar-refractivity contribution in [1.82, 2.24) is 0 Å². The zero-order valence-electron chi connectivity index (χ0n) is 62.0. The molecule has 0 fully saturated rings. The molecule has 0 radical (unpaired) electrons. The predicted molar refractivity (Wildman–Crippen MR) is 426 cm³/mol. The third-order valence-electron chi connectivity index (χ3n) is 20.3. The van der Waals surface area contributed by atoms with Crippen LogP contribution in [0.15, 0.2) is 255 Å². The van der Waals surface area contributed by atoms with E-state index in [0.29, 0.717) is 16.7 Å². The molecule has 0 heterocycles. The van der Waals surface area contributed by atoms with Gasteiger partial charge in [-0.15, -0.1) is 0 Å². The van der Waals surface area contributed by atoms with Crippen LogP contribution in [0.2, 0.25) is 0 Å². The number of benzene rings is 12. The Balaban J connectivity index is 0.836. The van der Waals surface area contributed by atoms with Gasteiger partial charge in [0.25, 0.3) is 0 Å². The average Bonchev–Trinajstić information content (AvgIpc) is 1.42. The number of amides is 3. The Morgan fingerprint density at radius 3 is 0.723 bits per heavy atom. The summed E-state index contributed by atoms with van der Waals surface area (Å²) in [6, 6.07) is 76.4. The van der Waals surface area contributed by atoms with E-state index in [-0.39, 0.29) is 143 Å². The van der Waals surface area contributed by atoms with Crippen molar-refractivity contribution in [3.05, 3.63) is 305 Å². The number of ether oxygens (including phenoxy) is 9. The molecule has 0 aliphatic heterocycles. The molecular formula is C90H78N3O18P. The zero-order valence-corrected chi connectivity index (χ0v) is 62.9. The molecule has 12 aromatic rings. The van der Waals surface area contributed by atoms with Crippen LogP contribution in [0.3, 0.4) is 0 Å². The minimum absolute atomic E-state index is 0.0186. The smallest absolute Gasteiger partial charge is 0.508 e. The Bertz CT molecular complexity index is 4800. The third kappa shape index (κ3) is 14.7. The minimum Gasteiger partial charge on any atom is -0.508 e. The molecule has 15 rings (SSSR count). The maximum Gasteiger partial charge on any atom is 0.540 e. The molecule has 112 heavy (non-hydrogen) atoms. The highest BCUT2D eigenvalue weighted by Crippen LogP contribution is 2.55. The van der Waals surface area contributed by atoms with Gasteiger partial charge in [0.2, 0.25) is 17.2 Å². The molecule has 3 aliphatic carbocycles. The topological polar surface area (TPSA) is 232 Å². The molecule has 3 aliphatic rings. The van der Waals surface area contributed by atoms with Gasteiger partial charge in [-0.3, -0.25) is 14.7 Å². The lowest BCUT2D eigenvalue weighted by Crippen LogP contribution is -2.35. The number of carbonyl (C=O) groups excluding carboxylic acids is 3. The van der Waals surface area contributed by atoms with Crippen LogP contribution in [-0.2, 0) is 33.2 Å². The minimum atomic E-state index is -3.65. The summed E-state index contributed by atoms with van der Waals surface area (Å²) >= 11 is 0. The predicted octanol–water partition coefficient (Wildman–Crippen LogP) is 19.5. The van der Waals surface area contributed by atoms with Crippen LogP contribution in [0.5, 0.6) is 69.0 Å². The molecule has 0 saturated carbocycles. The van der Waals surface area contributed by atoms with Gasteiger partial charge in [-0.05, 0) is 156 Å². The van der Waals surface area contributed by atoms with Crippen LogP contribution in [0, 0.1) is 0 Å². The number of aromatic hydroxyl groups is 3. The van der Waals surface area contributed by atoms with Gasteiger partial charge in [0, 0.05) is 17.8 Å². The second kappa shape index (κ2) is 32.7. The van der Waals surface area contributed by atoms with Crippen LogP contribution >= 0.6 is 8.60 Å². The highest BCUT2D eigenvalue weighted by molar-refractivity contribution is 7.43. The maximum absolute atomic E-state index is 16.2. The SMILES string of the molecule is COc1ccc(N(Cc2ccc(O)cc2)C(=O)OP(OC(=O)N(Cc2ccc(O)cc2)c2ccc(OC)c(OCC3c4ccccc4-c4ccccc43)c2OC)OC(=O)N(Cc2ccc(O)cc2)c2ccc(OC)c(OCC3c4ccccc4-c4ccccc43)c2OC)c(OC)c1OCC1c2ccccc2-c2ccccc21. The van der Waals surface area contributed by atoms with E-state index >= 15 is 14.4 Å². The van der Waals surface area contributed by atoms with E-state index in [1.54, 1.807) is 72.8 Å². The van der Waals surface area contributed by atoms with E-state index in [9.17, 15) is 15.3 Å². The van der Waals surface area contributed by atoms with E-state index in [4.69, 9.17) is 56.2 Å². The Morgan fingerprint density at radius 1 is 0.286 bits per heavy atom. The van der Waals surface area contributed by atoms with Crippen LogP contribution in [-0.4, -0.2) is 96.1 Å². The van der Waals surface area contributed by atoms with Crippen LogP contribution in [0.4, 0.5) is 31.4 Å². The highest BCUT2D eigenvalue weighted by Gasteiger charge is 2.41. The van der Waals surface area contributed by atoms with Crippen LogP contribution < -0.4 is 57.3 Å². The summed E-state index contributed by atoms with van der Waals surface area (Å²) in [5.74, 6) is 0.256. The first-order valence-corrected chi connectivity index (χ1v) is 37.2. The zero-order chi connectivity index (χ0) is 77.5.